The number of anilines is 9. The molecule has 0 saturated heterocycles. The highest BCUT2D eigenvalue weighted by Gasteiger charge is 2.28. The lowest BCUT2D eigenvalue weighted by Crippen LogP contribution is -2.14. The van der Waals surface area contributed by atoms with Gasteiger partial charge in [-0.3, -0.25) is 4.98 Å². The van der Waals surface area contributed by atoms with Crippen LogP contribution in [0.15, 0.2) is 231 Å². The molecule has 0 saturated carbocycles. The van der Waals surface area contributed by atoms with Gasteiger partial charge in [0.2, 0.25) is 0 Å². The van der Waals surface area contributed by atoms with Gasteiger partial charge in [-0.1, -0.05) is 115 Å². The minimum absolute atomic E-state index is 1.08. The topological polar surface area (TPSA) is 22.6 Å². The molecular weight excluding hydrogens is 725 g/mol. The van der Waals surface area contributed by atoms with Crippen LogP contribution in [0.5, 0.6) is 0 Å². The normalized spacial score (nSPS) is 11.1. The number of aromatic nitrogens is 1. The van der Waals surface area contributed by atoms with Gasteiger partial charge in [-0.2, -0.15) is 0 Å². The minimum Gasteiger partial charge on any atom is -0.310 e. The molecular formula is C53H38N4S. The first-order valence-corrected chi connectivity index (χ1v) is 20.3. The molecule has 0 aliphatic carbocycles. The lowest BCUT2D eigenvalue weighted by molar-refractivity contribution is 1.27. The smallest absolute Gasteiger partial charge is 0.0720 e. The molecule has 276 valence electrons. The van der Waals surface area contributed by atoms with E-state index in [1.54, 1.807) is 0 Å². The van der Waals surface area contributed by atoms with Crippen LogP contribution in [0.25, 0.3) is 31.3 Å². The molecule has 5 heteroatoms. The second kappa shape index (κ2) is 15.6. The third-order valence-electron chi connectivity index (χ3n) is 10.5. The van der Waals surface area contributed by atoms with Crippen molar-refractivity contribution >= 4 is 82.7 Å². The third-order valence-corrected chi connectivity index (χ3v) is 11.6. The number of fused-ring (bicyclic) bond motifs is 3. The van der Waals surface area contributed by atoms with Gasteiger partial charge < -0.3 is 14.7 Å². The van der Waals surface area contributed by atoms with E-state index in [0.29, 0.717) is 0 Å². The van der Waals surface area contributed by atoms with Crippen LogP contribution < -0.4 is 14.7 Å². The third kappa shape index (κ3) is 6.53. The molecule has 0 spiro atoms. The Hall–Kier alpha value is -7.47. The van der Waals surface area contributed by atoms with Crippen LogP contribution in [0.1, 0.15) is 0 Å². The van der Waals surface area contributed by atoms with Crippen LogP contribution in [-0.2, 0) is 0 Å². The maximum atomic E-state index is 4.46. The maximum absolute atomic E-state index is 4.46. The number of hydrogen-bond acceptors (Lipinski definition) is 5. The lowest BCUT2D eigenvalue weighted by atomic mass is 9.97. The zero-order chi connectivity index (χ0) is 38.7. The maximum Gasteiger partial charge on any atom is 0.0720 e. The first-order valence-electron chi connectivity index (χ1n) is 19.5. The van der Waals surface area contributed by atoms with Crippen molar-refractivity contribution in [3.05, 3.63) is 231 Å². The van der Waals surface area contributed by atoms with Crippen LogP contribution >= 0.6 is 11.3 Å². The molecule has 2 heterocycles. The molecule has 0 bridgehead atoms. The van der Waals surface area contributed by atoms with E-state index in [1.807, 2.05) is 23.7 Å². The number of nitrogens with zero attached hydrogens (tertiary/aromatic N) is 4. The van der Waals surface area contributed by atoms with Gasteiger partial charge in [0.15, 0.2) is 0 Å². The van der Waals surface area contributed by atoms with Crippen molar-refractivity contribution in [3.8, 4) is 11.1 Å². The van der Waals surface area contributed by atoms with E-state index in [2.05, 4.69) is 238 Å². The Labute approximate surface area is 342 Å². The number of hydrogen-bond donors (Lipinski definition) is 0. The molecule has 0 fully saturated rings. The number of para-hydroxylation sites is 6. The Morgan fingerprint density at radius 1 is 0.362 bits per heavy atom. The number of benzene rings is 8. The zero-order valence-electron chi connectivity index (χ0n) is 31.6. The molecule has 10 aromatic rings. The summed E-state index contributed by atoms with van der Waals surface area (Å²) in [5.74, 6) is 0. The average molecular weight is 763 g/mol. The summed E-state index contributed by atoms with van der Waals surface area (Å²) in [7, 11) is 0. The fraction of sp³-hybridized carbons (Fsp3) is 0. The van der Waals surface area contributed by atoms with Crippen LogP contribution in [0.3, 0.4) is 0 Å². The first kappa shape index (κ1) is 35.0. The predicted molar refractivity (Wildman–Crippen MR) is 247 cm³/mol. The molecule has 8 aromatic carbocycles. The summed E-state index contributed by atoms with van der Waals surface area (Å²) in [4.78, 5) is 11.6. The van der Waals surface area contributed by atoms with Crippen molar-refractivity contribution in [1.82, 2.24) is 4.98 Å². The van der Waals surface area contributed by atoms with Crippen LogP contribution in [0.2, 0.25) is 0 Å². The van der Waals surface area contributed by atoms with Crippen molar-refractivity contribution in [2.75, 3.05) is 14.7 Å². The monoisotopic (exact) mass is 762 g/mol. The van der Waals surface area contributed by atoms with Crippen molar-refractivity contribution < 1.29 is 0 Å². The summed E-state index contributed by atoms with van der Waals surface area (Å²) in [6.07, 6.45) is 3.78. The zero-order valence-corrected chi connectivity index (χ0v) is 32.5. The molecule has 58 heavy (non-hydrogen) atoms. The minimum atomic E-state index is 1.08. The van der Waals surface area contributed by atoms with Crippen LogP contribution in [0, 0.1) is 0 Å². The van der Waals surface area contributed by atoms with Gasteiger partial charge in [0.25, 0.3) is 0 Å². The molecule has 0 radical (unpaired) electrons. The summed E-state index contributed by atoms with van der Waals surface area (Å²) in [6, 6.07) is 77.7. The summed E-state index contributed by atoms with van der Waals surface area (Å²) in [5.41, 5.74) is 12.1. The van der Waals surface area contributed by atoms with Gasteiger partial charge in [-0.05, 0) is 109 Å². The Kier molecular flexibility index (Phi) is 9.40. The van der Waals surface area contributed by atoms with E-state index in [-0.39, 0.29) is 0 Å². The van der Waals surface area contributed by atoms with Crippen molar-refractivity contribution in [3.63, 3.8) is 0 Å². The molecule has 0 aliphatic rings. The Morgan fingerprint density at radius 3 is 1.22 bits per heavy atom. The van der Waals surface area contributed by atoms with E-state index < -0.39 is 0 Å². The fourth-order valence-electron chi connectivity index (χ4n) is 7.94. The standard InChI is InChI=1S/C53H38N4S/c1-7-19-40(20-8-1)55(41-21-9-2-10-22-41)46-31-32-47-50(37-46)58-53-51(47)49(56(42-23-11-3-12-24-42)43-25-13-4-14-26-43)38-48(39-33-35-54-36-34-39)52(53)57(44-27-15-5-16-28-44)45-29-17-6-18-30-45/h1-38H. The second-order valence-electron chi connectivity index (χ2n) is 14.0. The van der Waals surface area contributed by atoms with Gasteiger partial charge >= 0.3 is 0 Å². The van der Waals surface area contributed by atoms with Gasteiger partial charge in [0.1, 0.15) is 0 Å². The highest BCUT2D eigenvalue weighted by molar-refractivity contribution is 7.26. The van der Waals surface area contributed by atoms with E-state index in [4.69, 9.17) is 0 Å². The fourth-order valence-corrected chi connectivity index (χ4v) is 9.23. The van der Waals surface area contributed by atoms with Crippen molar-refractivity contribution in [2.24, 2.45) is 0 Å². The summed E-state index contributed by atoms with van der Waals surface area (Å²) < 4.78 is 2.38. The molecule has 2 aromatic heterocycles. The van der Waals surface area contributed by atoms with E-state index in [0.717, 1.165) is 62.3 Å². The van der Waals surface area contributed by atoms with Gasteiger partial charge in [0.05, 0.1) is 16.1 Å². The van der Waals surface area contributed by atoms with E-state index in [9.17, 15) is 0 Å². The van der Waals surface area contributed by atoms with Crippen LogP contribution in [-0.4, -0.2) is 4.98 Å². The molecule has 0 amide bonds. The average Bonchev–Trinajstić information content (AvgIpc) is 3.69. The molecule has 10 rings (SSSR count). The SMILES string of the molecule is c1ccc(N(c2ccccc2)c2ccc3c(c2)sc2c(N(c4ccccc4)c4ccccc4)c(-c4ccncc4)cc(N(c4ccccc4)c4ccccc4)c23)cc1. The Bertz CT molecular complexity index is 2810. The summed E-state index contributed by atoms with van der Waals surface area (Å²) in [6.45, 7) is 0. The predicted octanol–water partition coefficient (Wildman–Crippen LogP) is 15.5. The molecule has 0 aliphatic heterocycles. The summed E-state index contributed by atoms with van der Waals surface area (Å²) in [5, 5.41) is 2.38. The van der Waals surface area contributed by atoms with Gasteiger partial charge in [0, 0.05) is 73.2 Å². The van der Waals surface area contributed by atoms with Gasteiger partial charge in [-0.25, -0.2) is 0 Å². The number of rotatable bonds is 10. The summed E-state index contributed by atoms with van der Waals surface area (Å²) >= 11 is 1.85. The van der Waals surface area contributed by atoms with E-state index in [1.165, 1.54) is 20.2 Å². The van der Waals surface area contributed by atoms with Gasteiger partial charge in [-0.15, -0.1) is 11.3 Å². The number of pyridine rings is 1. The number of thiophene rings is 1. The van der Waals surface area contributed by atoms with E-state index >= 15 is 0 Å². The van der Waals surface area contributed by atoms with Crippen molar-refractivity contribution in [2.45, 2.75) is 0 Å². The molecule has 0 atom stereocenters. The molecule has 0 unspecified atom stereocenters. The highest BCUT2D eigenvalue weighted by Crippen LogP contribution is 2.55. The Morgan fingerprint density at radius 2 is 0.776 bits per heavy atom. The lowest BCUT2D eigenvalue weighted by Gasteiger charge is -2.32. The second-order valence-corrected chi connectivity index (χ2v) is 15.1. The molecule has 4 nitrogen and oxygen atoms in total. The quantitative estimate of drug-likeness (QED) is 0.138. The Balaban J connectivity index is 1.34. The largest absolute Gasteiger partial charge is 0.310 e. The first-order chi connectivity index (χ1) is 28.8. The highest BCUT2D eigenvalue weighted by atomic mass is 32.1. The molecule has 0 N–H and O–H groups in total. The van der Waals surface area contributed by atoms with Crippen LogP contribution in [0.4, 0.5) is 51.2 Å². The van der Waals surface area contributed by atoms with Crippen molar-refractivity contribution in [1.29, 1.82) is 0 Å².